The van der Waals surface area contributed by atoms with Crippen molar-refractivity contribution in [2.24, 2.45) is 4.99 Å². The van der Waals surface area contributed by atoms with Crippen LogP contribution in [-0.2, 0) is 0 Å². The predicted molar refractivity (Wildman–Crippen MR) is 114 cm³/mol. The molecule has 0 aliphatic rings. The molecule has 0 aromatic heterocycles. The van der Waals surface area contributed by atoms with Gasteiger partial charge < -0.3 is 10.4 Å². The first-order valence-electron chi connectivity index (χ1n) is 7.81. The molecule has 27 heavy (non-hydrogen) atoms. The summed E-state index contributed by atoms with van der Waals surface area (Å²) in [5.41, 5.74) is 2.13. The zero-order chi connectivity index (χ0) is 19.4. The number of rotatable bonds is 4. The number of phenols is 1. The Kier molecular flexibility index (Phi) is 6.16. The van der Waals surface area contributed by atoms with Crippen molar-refractivity contribution < 1.29 is 9.90 Å². The zero-order valence-corrected chi connectivity index (χ0v) is 16.9. The van der Waals surface area contributed by atoms with Crippen LogP contribution in [0.1, 0.15) is 15.9 Å². The molecule has 3 aromatic carbocycles. The number of halogens is 3. The Bertz CT molecular complexity index is 1040. The largest absolute Gasteiger partial charge is 0.506 e. The van der Waals surface area contributed by atoms with E-state index in [1.165, 1.54) is 6.21 Å². The molecule has 0 radical (unpaired) electrons. The first-order valence-corrected chi connectivity index (χ1v) is 9.36. The first-order chi connectivity index (χ1) is 12.9. The van der Waals surface area contributed by atoms with Gasteiger partial charge in [0.05, 0.1) is 10.7 Å². The number of carbonyl (C=O) groups is 1. The van der Waals surface area contributed by atoms with Crippen molar-refractivity contribution in [2.75, 3.05) is 5.32 Å². The van der Waals surface area contributed by atoms with Crippen LogP contribution < -0.4 is 5.32 Å². The quantitative estimate of drug-likeness (QED) is 0.436. The molecule has 0 saturated heterocycles. The van der Waals surface area contributed by atoms with Gasteiger partial charge in [0.1, 0.15) is 5.75 Å². The lowest BCUT2D eigenvalue weighted by Gasteiger charge is -2.06. The van der Waals surface area contributed by atoms with E-state index in [4.69, 9.17) is 23.2 Å². The normalized spacial score (nSPS) is 10.9. The van der Waals surface area contributed by atoms with Crippen molar-refractivity contribution in [1.82, 2.24) is 0 Å². The molecule has 4 nitrogen and oxygen atoms in total. The second-order valence-electron chi connectivity index (χ2n) is 5.60. The summed E-state index contributed by atoms with van der Waals surface area (Å²) in [5, 5.41) is 13.5. The van der Waals surface area contributed by atoms with Crippen molar-refractivity contribution in [3.05, 3.63) is 86.3 Å². The van der Waals surface area contributed by atoms with Gasteiger partial charge in [0.25, 0.3) is 5.91 Å². The molecule has 0 heterocycles. The highest BCUT2D eigenvalue weighted by molar-refractivity contribution is 9.10. The molecule has 136 valence electrons. The Labute approximate surface area is 174 Å². The van der Waals surface area contributed by atoms with Gasteiger partial charge in [-0.1, -0.05) is 51.3 Å². The molecule has 0 unspecified atom stereocenters. The summed E-state index contributed by atoms with van der Waals surface area (Å²) in [6.45, 7) is 0. The summed E-state index contributed by atoms with van der Waals surface area (Å²) in [7, 11) is 0. The number of nitrogens with one attached hydrogen (secondary N) is 1. The van der Waals surface area contributed by atoms with E-state index in [0.29, 0.717) is 27.5 Å². The molecule has 0 bridgehead atoms. The lowest BCUT2D eigenvalue weighted by atomic mass is 10.2. The minimum absolute atomic E-state index is 0.0472. The van der Waals surface area contributed by atoms with Crippen LogP contribution in [0.5, 0.6) is 5.75 Å². The van der Waals surface area contributed by atoms with Crippen molar-refractivity contribution in [2.45, 2.75) is 0 Å². The number of anilines is 1. The number of hydrogen-bond acceptors (Lipinski definition) is 3. The lowest BCUT2D eigenvalue weighted by Crippen LogP contribution is -2.11. The fourth-order valence-electron chi connectivity index (χ4n) is 2.33. The van der Waals surface area contributed by atoms with Gasteiger partial charge in [0.2, 0.25) is 0 Å². The molecule has 2 N–H and O–H groups in total. The molecule has 0 atom stereocenters. The van der Waals surface area contributed by atoms with Gasteiger partial charge in [-0.2, -0.15) is 0 Å². The second-order valence-corrected chi connectivity index (χ2v) is 7.36. The Balaban J connectivity index is 1.79. The number of hydrogen-bond donors (Lipinski definition) is 2. The monoisotopic (exact) mass is 462 g/mol. The third-order valence-corrected chi connectivity index (χ3v) is 4.58. The van der Waals surface area contributed by atoms with Gasteiger partial charge in [-0.25, -0.2) is 0 Å². The van der Waals surface area contributed by atoms with Gasteiger partial charge in [-0.15, -0.1) is 0 Å². The van der Waals surface area contributed by atoms with E-state index in [1.54, 1.807) is 60.7 Å². The van der Waals surface area contributed by atoms with Crippen LogP contribution in [-0.4, -0.2) is 17.2 Å². The van der Waals surface area contributed by atoms with Crippen LogP contribution in [0, 0.1) is 0 Å². The van der Waals surface area contributed by atoms with Crippen LogP contribution in [0.4, 0.5) is 11.4 Å². The maximum atomic E-state index is 12.3. The number of aliphatic imine (C=N–C) groups is 1. The Morgan fingerprint density at radius 3 is 2.63 bits per heavy atom. The smallest absolute Gasteiger partial charge is 0.255 e. The summed E-state index contributed by atoms with van der Waals surface area (Å²) < 4.78 is 0.731. The highest BCUT2D eigenvalue weighted by Crippen LogP contribution is 2.30. The molecule has 3 aromatic rings. The molecular formula is C20H13BrCl2N2O2. The lowest BCUT2D eigenvalue weighted by molar-refractivity contribution is 0.102. The molecule has 3 rings (SSSR count). The molecule has 7 heteroatoms. The second kappa shape index (κ2) is 8.57. The SMILES string of the molecule is O=C(Nc1cccc(N=Cc2cc(Br)cc(Cl)c2O)c1)c1cccc(Cl)c1. The molecule has 0 saturated carbocycles. The van der Waals surface area contributed by atoms with E-state index >= 15 is 0 Å². The first kappa shape index (κ1) is 19.4. The molecule has 0 aliphatic carbocycles. The van der Waals surface area contributed by atoms with Crippen molar-refractivity contribution in [3.63, 3.8) is 0 Å². The van der Waals surface area contributed by atoms with Crippen molar-refractivity contribution in [1.29, 1.82) is 0 Å². The van der Waals surface area contributed by atoms with E-state index in [9.17, 15) is 9.90 Å². The van der Waals surface area contributed by atoms with E-state index in [1.807, 2.05) is 0 Å². The zero-order valence-electron chi connectivity index (χ0n) is 13.8. The number of benzene rings is 3. The topological polar surface area (TPSA) is 61.7 Å². The summed E-state index contributed by atoms with van der Waals surface area (Å²) in [6, 6.07) is 17.0. The van der Waals surface area contributed by atoms with Gasteiger partial charge in [-0.3, -0.25) is 9.79 Å². The molecular weight excluding hydrogens is 451 g/mol. The van der Waals surface area contributed by atoms with E-state index in [0.717, 1.165) is 4.47 Å². The number of phenolic OH excluding ortho intramolecular Hbond substituents is 1. The fourth-order valence-corrected chi connectivity index (χ4v) is 3.35. The molecule has 0 fully saturated rings. The van der Waals surface area contributed by atoms with E-state index in [2.05, 4.69) is 26.2 Å². The van der Waals surface area contributed by atoms with E-state index in [-0.39, 0.29) is 16.7 Å². The van der Waals surface area contributed by atoms with Crippen LogP contribution in [0.15, 0.2) is 70.1 Å². The predicted octanol–water partition coefficient (Wildman–Crippen LogP) is 6.46. The summed E-state index contributed by atoms with van der Waals surface area (Å²) >= 11 is 15.2. The minimum Gasteiger partial charge on any atom is -0.506 e. The van der Waals surface area contributed by atoms with Crippen LogP contribution >= 0.6 is 39.1 Å². The number of nitrogens with zero attached hydrogens (tertiary/aromatic N) is 1. The van der Waals surface area contributed by atoms with Gasteiger partial charge in [0.15, 0.2) is 0 Å². The third-order valence-electron chi connectivity index (χ3n) is 3.60. The average molecular weight is 464 g/mol. The standard InChI is InChI=1S/C20H13BrCl2N2O2/c21-14-7-13(19(26)18(23)9-14)11-24-16-5-2-6-17(10-16)25-20(27)12-3-1-4-15(22)8-12/h1-11,26H,(H,25,27). The Morgan fingerprint density at radius 2 is 1.85 bits per heavy atom. The van der Waals surface area contributed by atoms with E-state index < -0.39 is 0 Å². The number of aromatic hydroxyl groups is 1. The molecule has 1 amide bonds. The third kappa shape index (κ3) is 5.10. The van der Waals surface area contributed by atoms with Gasteiger partial charge in [0, 0.05) is 32.5 Å². The summed E-state index contributed by atoms with van der Waals surface area (Å²) in [4.78, 5) is 16.7. The average Bonchev–Trinajstić information content (AvgIpc) is 2.64. The minimum atomic E-state index is -0.268. The summed E-state index contributed by atoms with van der Waals surface area (Å²) in [6.07, 6.45) is 1.50. The van der Waals surface area contributed by atoms with Gasteiger partial charge in [-0.05, 0) is 48.5 Å². The summed E-state index contributed by atoms with van der Waals surface area (Å²) in [5.74, 6) is -0.316. The van der Waals surface area contributed by atoms with Crippen molar-refractivity contribution in [3.8, 4) is 5.75 Å². The fraction of sp³-hybridized carbons (Fsp3) is 0. The van der Waals surface area contributed by atoms with Crippen LogP contribution in [0.2, 0.25) is 10.0 Å². The molecule has 0 aliphatic heterocycles. The highest BCUT2D eigenvalue weighted by Gasteiger charge is 2.08. The number of carbonyl (C=O) groups excluding carboxylic acids is 1. The van der Waals surface area contributed by atoms with Crippen LogP contribution in [0.3, 0.4) is 0 Å². The van der Waals surface area contributed by atoms with Gasteiger partial charge >= 0.3 is 0 Å². The number of amides is 1. The maximum absolute atomic E-state index is 12.3. The van der Waals surface area contributed by atoms with Crippen molar-refractivity contribution >= 4 is 62.6 Å². The molecule has 0 spiro atoms. The maximum Gasteiger partial charge on any atom is 0.255 e. The Hall–Kier alpha value is -2.34. The highest BCUT2D eigenvalue weighted by atomic mass is 79.9. The van der Waals surface area contributed by atoms with Crippen LogP contribution in [0.25, 0.3) is 0 Å². The Morgan fingerprint density at radius 1 is 1.07 bits per heavy atom.